The summed E-state index contributed by atoms with van der Waals surface area (Å²) < 4.78 is 132. The van der Waals surface area contributed by atoms with Crippen LogP contribution in [0.4, 0.5) is 32.2 Å². The van der Waals surface area contributed by atoms with Crippen molar-refractivity contribution in [1.29, 1.82) is 0 Å². The third-order valence-electron chi connectivity index (χ3n) is 5.66. The van der Waals surface area contributed by atoms with Crippen LogP contribution in [0.25, 0.3) is 0 Å². The summed E-state index contributed by atoms with van der Waals surface area (Å²) in [6.07, 6.45) is -1.55. The Labute approximate surface area is 178 Å². The molecule has 3 atom stereocenters. The van der Waals surface area contributed by atoms with Gasteiger partial charge in [0.15, 0.2) is 5.82 Å². The summed E-state index contributed by atoms with van der Waals surface area (Å²) in [6, 6.07) is 0. The molecule has 3 unspecified atom stereocenters. The first-order valence-corrected chi connectivity index (χ1v) is 12.1. The van der Waals surface area contributed by atoms with Crippen LogP contribution < -0.4 is 4.31 Å². The zero-order chi connectivity index (χ0) is 23.4. The molecule has 0 amide bonds. The lowest BCUT2D eigenvalue weighted by Gasteiger charge is -2.56. The van der Waals surface area contributed by atoms with Crippen molar-refractivity contribution in [2.75, 3.05) is 4.31 Å². The van der Waals surface area contributed by atoms with Gasteiger partial charge in [0.1, 0.15) is 6.33 Å². The Hall–Kier alpha value is -1.56. The van der Waals surface area contributed by atoms with Gasteiger partial charge < -0.3 is 4.74 Å². The van der Waals surface area contributed by atoms with E-state index in [0.29, 0.717) is 6.42 Å². The first kappa shape index (κ1) is 22.6. The summed E-state index contributed by atoms with van der Waals surface area (Å²) in [5.74, 6) is -3.77. The van der Waals surface area contributed by atoms with E-state index in [1.165, 1.54) is 0 Å². The molecular formula is C13H10BrF6N3O6S2. The van der Waals surface area contributed by atoms with E-state index in [-0.39, 0.29) is 19.2 Å². The summed E-state index contributed by atoms with van der Waals surface area (Å²) in [5, 5.41) is 0. The number of nitrogens with zero attached hydrogens (tertiary/aromatic N) is 3. The minimum Gasteiger partial charge on any atom is -0.439 e. The summed E-state index contributed by atoms with van der Waals surface area (Å²) in [7, 11) is -12.6. The Morgan fingerprint density at radius 2 is 1.61 bits per heavy atom. The molecule has 4 rings (SSSR count). The van der Waals surface area contributed by atoms with Crippen LogP contribution in [-0.2, 0) is 29.6 Å². The second-order valence-corrected chi connectivity index (χ2v) is 11.8. The highest BCUT2D eigenvalue weighted by Gasteiger charge is 2.69. The summed E-state index contributed by atoms with van der Waals surface area (Å²) in [5.41, 5.74) is -14.4. The van der Waals surface area contributed by atoms with Crippen LogP contribution in [0.1, 0.15) is 30.9 Å². The second kappa shape index (κ2) is 6.27. The maximum Gasteiger partial charge on any atom is 0.517 e. The fourth-order valence-corrected chi connectivity index (χ4v) is 7.26. The topological polar surface area (TPSA) is 116 Å². The van der Waals surface area contributed by atoms with Gasteiger partial charge in [-0.1, -0.05) is 22.4 Å². The molecule has 1 aromatic heterocycles. The van der Waals surface area contributed by atoms with Crippen molar-refractivity contribution in [3.8, 4) is 0 Å². The molecule has 2 fully saturated rings. The zero-order valence-electron chi connectivity index (χ0n) is 14.7. The Balaban J connectivity index is 2.06. The van der Waals surface area contributed by atoms with E-state index in [4.69, 9.17) is 4.74 Å². The van der Waals surface area contributed by atoms with Crippen molar-refractivity contribution in [2.24, 2.45) is 5.41 Å². The number of alkyl halides is 7. The number of hydrogen-bond donors (Lipinski definition) is 0. The fraction of sp³-hybridized carbons (Fsp3) is 0.692. The largest absolute Gasteiger partial charge is 0.517 e. The SMILES string of the molecule is O=C1OC2C(Br)C(c3c(ncn3S(=O)(=O)C(F)(F)F)N2S(=O)(=O)C(F)(F)F)C12CCC2. The number of sulfonamides is 1. The molecule has 1 saturated heterocycles. The van der Waals surface area contributed by atoms with E-state index < -0.39 is 79.2 Å². The van der Waals surface area contributed by atoms with Crippen LogP contribution in [0.3, 0.4) is 0 Å². The Bertz CT molecular complexity index is 1170. The molecule has 2 aliphatic heterocycles. The molecular weight excluding hydrogens is 552 g/mol. The van der Waals surface area contributed by atoms with Gasteiger partial charge in [-0.25, -0.2) is 13.3 Å². The van der Waals surface area contributed by atoms with E-state index in [1.54, 1.807) is 0 Å². The predicted octanol–water partition coefficient (Wildman–Crippen LogP) is 2.15. The van der Waals surface area contributed by atoms with Crippen LogP contribution in [0.15, 0.2) is 6.33 Å². The first-order chi connectivity index (χ1) is 14.0. The minimum atomic E-state index is -6.34. The van der Waals surface area contributed by atoms with Crippen LogP contribution in [0.5, 0.6) is 0 Å². The van der Waals surface area contributed by atoms with E-state index in [2.05, 4.69) is 20.9 Å². The van der Waals surface area contributed by atoms with Crippen LogP contribution in [-0.4, -0.2) is 53.8 Å². The number of carbonyl (C=O) groups excluding carboxylic acids is 1. The summed E-state index contributed by atoms with van der Waals surface area (Å²) >= 11 is 2.95. The number of aromatic nitrogens is 2. The average Bonchev–Trinajstić information content (AvgIpc) is 2.97. The number of halogens is 7. The molecule has 3 aliphatic rings. The van der Waals surface area contributed by atoms with Crippen molar-refractivity contribution < 1.29 is 52.7 Å². The quantitative estimate of drug-likeness (QED) is 0.308. The van der Waals surface area contributed by atoms with Crippen molar-refractivity contribution in [2.45, 2.75) is 47.3 Å². The van der Waals surface area contributed by atoms with Crippen molar-refractivity contribution >= 4 is 47.8 Å². The summed E-state index contributed by atoms with van der Waals surface area (Å²) in [6.45, 7) is 0. The van der Waals surface area contributed by atoms with Crippen LogP contribution in [0.2, 0.25) is 0 Å². The Kier molecular flexibility index (Phi) is 4.58. The Morgan fingerprint density at radius 3 is 2.06 bits per heavy atom. The average molecular weight is 562 g/mol. The fourth-order valence-electron chi connectivity index (χ4n) is 4.12. The van der Waals surface area contributed by atoms with Crippen LogP contribution in [0, 0.1) is 5.41 Å². The van der Waals surface area contributed by atoms with E-state index in [1.807, 2.05) is 0 Å². The number of hydrogen-bond acceptors (Lipinski definition) is 7. The first-order valence-electron chi connectivity index (χ1n) is 8.33. The molecule has 174 valence electrons. The Morgan fingerprint density at radius 1 is 1.06 bits per heavy atom. The zero-order valence-corrected chi connectivity index (χ0v) is 17.9. The number of carbonyl (C=O) groups is 1. The third-order valence-corrected chi connectivity index (χ3v) is 9.51. The number of rotatable bonds is 2. The molecule has 2 bridgehead atoms. The highest BCUT2D eigenvalue weighted by atomic mass is 79.9. The van der Waals surface area contributed by atoms with E-state index in [9.17, 15) is 48.0 Å². The summed E-state index contributed by atoms with van der Waals surface area (Å²) in [4.78, 5) is 14.4. The molecule has 0 radical (unpaired) electrons. The highest BCUT2D eigenvalue weighted by molar-refractivity contribution is 9.09. The van der Waals surface area contributed by atoms with Gasteiger partial charge in [-0.05, 0) is 12.8 Å². The molecule has 31 heavy (non-hydrogen) atoms. The van der Waals surface area contributed by atoms with Gasteiger partial charge in [-0.2, -0.15) is 43.2 Å². The predicted molar refractivity (Wildman–Crippen MR) is 91.7 cm³/mol. The van der Waals surface area contributed by atoms with Gasteiger partial charge in [0.2, 0.25) is 6.23 Å². The van der Waals surface area contributed by atoms with Crippen LogP contribution >= 0.6 is 15.9 Å². The van der Waals surface area contributed by atoms with Crippen molar-refractivity contribution in [3.05, 3.63) is 12.0 Å². The highest BCUT2D eigenvalue weighted by Crippen LogP contribution is 2.63. The lowest BCUT2D eigenvalue weighted by molar-refractivity contribution is -0.180. The minimum absolute atomic E-state index is 0.0496. The number of anilines is 1. The molecule has 1 spiro atoms. The monoisotopic (exact) mass is 561 g/mol. The number of esters is 1. The molecule has 0 N–H and O–H groups in total. The maximum absolute atomic E-state index is 13.3. The lowest BCUT2D eigenvalue weighted by atomic mass is 9.57. The smallest absolute Gasteiger partial charge is 0.439 e. The number of imidazole rings is 1. The van der Waals surface area contributed by atoms with E-state index in [0.717, 1.165) is 0 Å². The third kappa shape index (κ3) is 2.72. The van der Waals surface area contributed by atoms with Gasteiger partial charge in [-0.3, -0.25) is 4.79 Å². The molecule has 9 nitrogen and oxygen atoms in total. The molecule has 1 saturated carbocycles. The van der Waals surface area contributed by atoms with Gasteiger partial charge in [-0.15, -0.1) is 0 Å². The van der Waals surface area contributed by atoms with Crippen molar-refractivity contribution in [1.82, 2.24) is 8.96 Å². The van der Waals surface area contributed by atoms with Gasteiger partial charge >= 0.3 is 37.0 Å². The number of fused-ring (bicyclic) bond motifs is 5. The van der Waals surface area contributed by atoms with Gasteiger partial charge in [0.25, 0.3) is 0 Å². The van der Waals surface area contributed by atoms with Gasteiger partial charge in [0, 0.05) is 5.92 Å². The molecule has 18 heteroatoms. The molecule has 1 aliphatic carbocycles. The standard InChI is InChI=1S/C13H10BrF6N3O6S2/c14-6-5-7-8(21-4-22(7)30(25,26)12(15,16)17)23(31(27,28)13(18,19)20)9(6)29-10(24)11(5)2-1-3-11/h4-6,9H,1-3H2. The van der Waals surface area contributed by atoms with Gasteiger partial charge in [0.05, 0.1) is 15.9 Å². The van der Waals surface area contributed by atoms with E-state index >= 15 is 0 Å². The normalized spacial score (nSPS) is 28.2. The number of ether oxygens (including phenoxy) is 1. The van der Waals surface area contributed by atoms with Crippen molar-refractivity contribution in [3.63, 3.8) is 0 Å². The maximum atomic E-state index is 13.3. The second-order valence-electron chi connectivity index (χ2n) is 7.17. The molecule has 0 aromatic carbocycles. The molecule has 1 aromatic rings. The molecule has 3 heterocycles. The lowest BCUT2D eigenvalue weighted by Crippen LogP contribution is -2.65.